The van der Waals surface area contributed by atoms with Crippen molar-refractivity contribution in [2.45, 2.75) is 59.2 Å². The molecule has 38 heavy (non-hydrogen) atoms. The fourth-order valence-electron chi connectivity index (χ4n) is 4.79. The molecule has 1 aromatic carbocycles. The predicted molar refractivity (Wildman–Crippen MR) is 149 cm³/mol. The van der Waals surface area contributed by atoms with E-state index >= 15 is 0 Å². The molecule has 0 spiro atoms. The predicted octanol–water partition coefficient (Wildman–Crippen LogP) is 4.51. The number of pyridine rings is 2. The van der Waals surface area contributed by atoms with E-state index in [0.29, 0.717) is 18.5 Å². The van der Waals surface area contributed by atoms with Gasteiger partial charge in [0.2, 0.25) is 5.91 Å². The molecule has 3 aromatic rings. The van der Waals surface area contributed by atoms with Crippen molar-refractivity contribution in [1.29, 1.82) is 0 Å². The number of benzene rings is 1. The summed E-state index contributed by atoms with van der Waals surface area (Å²) < 4.78 is 1.44. The first-order chi connectivity index (χ1) is 18.0. The second-order valence-corrected chi connectivity index (χ2v) is 10.6. The summed E-state index contributed by atoms with van der Waals surface area (Å²) in [6.45, 7) is 8.62. The van der Waals surface area contributed by atoms with Gasteiger partial charge in [0.15, 0.2) is 0 Å². The van der Waals surface area contributed by atoms with Gasteiger partial charge in [-0.1, -0.05) is 32.0 Å². The minimum absolute atomic E-state index is 0.131. The van der Waals surface area contributed by atoms with Crippen LogP contribution in [0.15, 0.2) is 59.8 Å². The number of carbonyl (C=O) groups excluding carboxylic acids is 1. The third kappa shape index (κ3) is 7.38. The topological polar surface area (TPSA) is 105 Å². The van der Waals surface area contributed by atoms with Crippen LogP contribution in [-0.4, -0.2) is 45.5 Å². The van der Waals surface area contributed by atoms with Gasteiger partial charge in [0.05, 0.1) is 12.5 Å². The van der Waals surface area contributed by atoms with E-state index < -0.39 is 24.0 Å². The number of hydrogen-bond acceptors (Lipinski definition) is 5. The number of carboxylic acids is 1. The minimum atomic E-state index is -1.04. The quantitative estimate of drug-likeness (QED) is 0.387. The summed E-state index contributed by atoms with van der Waals surface area (Å²) >= 11 is 0. The Bertz CT molecular complexity index is 1330. The molecule has 0 aliphatic rings. The molecule has 0 aliphatic carbocycles. The van der Waals surface area contributed by atoms with Gasteiger partial charge in [-0.2, -0.15) is 0 Å². The van der Waals surface area contributed by atoms with Crippen LogP contribution in [0, 0.1) is 19.8 Å². The molecule has 202 valence electrons. The largest absolute Gasteiger partial charge is 0.481 e. The number of aromatic nitrogens is 2. The van der Waals surface area contributed by atoms with Gasteiger partial charge in [-0.25, -0.2) is 0 Å². The lowest BCUT2D eigenvalue weighted by molar-refractivity contribution is -0.138. The smallest absolute Gasteiger partial charge is 0.305 e. The van der Waals surface area contributed by atoms with E-state index in [1.807, 2.05) is 77.0 Å². The molecule has 2 atom stereocenters. The van der Waals surface area contributed by atoms with Crippen molar-refractivity contribution < 1.29 is 14.7 Å². The summed E-state index contributed by atoms with van der Waals surface area (Å²) in [5.41, 5.74) is 5.24. The van der Waals surface area contributed by atoms with Crippen LogP contribution in [0.25, 0.3) is 11.1 Å². The summed E-state index contributed by atoms with van der Waals surface area (Å²) in [6, 6.07) is 9.71. The van der Waals surface area contributed by atoms with Crippen molar-refractivity contribution in [2.75, 3.05) is 14.1 Å². The molecule has 8 heteroatoms. The number of rotatable bonds is 11. The first-order valence-electron chi connectivity index (χ1n) is 12.9. The average molecular weight is 519 g/mol. The van der Waals surface area contributed by atoms with Gasteiger partial charge < -0.3 is 19.9 Å². The zero-order valence-electron chi connectivity index (χ0n) is 23.1. The second kappa shape index (κ2) is 12.6. The standard InChI is InChI=1S/C30H38N4O4/c1-19(2)12-26(34-11-10-22(13-27(34)35)18-33(5)6)30(38)32-25(15-28(36)37)23-14-24(17-31-16-23)29-20(3)8-7-9-21(29)4/h7-11,13-14,16-17,19,25-26H,12,15,18H2,1-6H3,(H,32,38)(H,36,37)/t25-,26+/m0/s1. The number of aryl methyl sites for hydroxylation is 2. The first kappa shape index (κ1) is 28.8. The highest BCUT2D eigenvalue weighted by molar-refractivity contribution is 5.82. The molecule has 0 saturated carbocycles. The van der Waals surface area contributed by atoms with E-state index in [1.54, 1.807) is 24.7 Å². The van der Waals surface area contributed by atoms with Crippen LogP contribution < -0.4 is 10.9 Å². The van der Waals surface area contributed by atoms with Crippen molar-refractivity contribution in [2.24, 2.45) is 5.92 Å². The van der Waals surface area contributed by atoms with Crippen molar-refractivity contribution in [1.82, 2.24) is 19.8 Å². The van der Waals surface area contributed by atoms with Gasteiger partial charge in [0.25, 0.3) is 5.56 Å². The van der Waals surface area contributed by atoms with E-state index in [9.17, 15) is 19.5 Å². The molecule has 0 unspecified atom stereocenters. The molecule has 0 bridgehead atoms. The zero-order valence-corrected chi connectivity index (χ0v) is 23.1. The lowest BCUT2D eigenvalue weighted by atomic mass is 9.94. The number of nitrogens with one attached hydrogen (secondary N) is 1. The fourth-order valence-corrected chi connectivity index (χ4v) is 4.79. The SMILES string of the molecule is Cc1cccc(C)c1-c1cncc([C@H](CC(=O)O)NC(=O)[C@@H](CC(C)C)n2ccc(CN(C)C)cc2=O)c1. The molecule has 3 rings (SSSR count). The molecular weight excluding hydrogens is 480 g/mol. The van der Waals surface area contributed by atoms with Gasteiger partial charge in [0.1, 0.15) is 6.04 Å². The number of aliphatic carboxylic acids is 1. The third-order valence-electron chi connectivity index (χ3n) is 6.47. The maximum atomic E-state index is 13.6. The molecule has 8 nitrogen and oxygen atoms in total. The Balaban J connectivity index is 1.96. The van der Waals surface area contributed by atoms with Crippen LogP contribution >= 0.6 is 0 Å². The zero-order chi connectivity index (χ0) is 28.0. The average Bonchev–Trinajstić information content (AvgIpc) is 2.82. The molecule has 0 aliphatic heterocycles. The van der Waals surface area contributed by atoms with Crippen LogP contribution in [0.1, 0.15) is 61.0 Å². The molecule has 0 radical (unpaired) electrons. The van der Waals surface area contributed by atoms with Gasteiger partial charge in [-0.05, 0) is 80.2 Å². The Morgan fingerprint density at radius 3 is 2.34 bits per heavy atom. The molecule has 0 fully saturated rings. The lowest BCUT2D eigenvalue weighted by Crippen LogP contribution is -2.40. The molecular formula is C30H38N4O4. The first-order valence-corrected chi connectivity index (χ1v) is 12.9. The summed E-state index contributed by atoms with van der Waals surface area (Å²) in [5.74, 6) is -1.31. The van der Waals surface area contributed by atoms with Crippen LogP contribution in [0.5, 0.6) is 0 Å². The van der Waals surface area contributed by atoms with Gasteiger partial charge in [0, 0.05) is 36.8 Å². The highest BCUT2D eigenvalue weighted by Gasteiger charge is 2.27. The number of hydrogen-bond donors (Lipinski definition) is 2. The minimum Gasteiger partial charge on any atom is -0.481 e. The Labute approximate surface area is 224 Å². The molecule has 2 heterocycles. The van der Waals surface area contributed by atoms with Crippen molar-refractivity contribution in [3.05, 3.63) is 87.6 Å². The van der Waals surface area contributed by atoms with Gasteiger partial charge in [-0.3, -0.25) is 19.4 Å². The second-order valence-electron chi connectivity index (χ2n) is 10.6. The molecule has 2 N–H and O–H groups in total. The number of carbonyl (C=O) groups is 2. The summed E-state index contributed by atoms with van der Waals surface area (Å²) in [5, 5.41) is 12.6. The van der Waals surface area contributed by atoms with E-state index in [2.05, 4.69) is 10.3 Å². The molecule has 2 aromatic heterocycles. The van der Waals surface area contributed by atoms with Crippen molar-refractivity contribution in [3.63, 3.8) is 0 Å². The Hall–Kier alpha value is -3.78. The van der Waals surface area contributed by atoms with Crippen LogP contribution in [0.3, 0.4) is 0 Å². The highest BCUT2D eigenvalue weighted by atomic mass is 16.4. The van der Waals surface area contributed by atoms with Crippen LogP contribution in [-0.2, 0) is 16.1 Å². The van der Waals surface area contributed by atoms with E-state index in [1.165, 1.54) is 4.57 Å². The van der Waals surface area contributed by atoms with Crippen LogP contribution in [0.4, 0.5) is 0 Å². The van der Waals surface area contributed by atoms with E-state index in [0.717, 1.165) is 27.8 Å². The summed E-state index contributed by atoms with van der Waals surface area (Å²) in [4.78, 5) is 44.8. The number of carboxylic acid groups (broad SMARTS) is 1. The maximum absolute atomic E-state index is 13.6. The van der Waals surface area contributed by atoms with E-state index in [-0.39, 0.29) is 17.9 Å². The summed E-state index contributed by atoms with van der Waals surface area (Å²) in [7, 11) is 3.85. The maximum Gasteiger partial charge on any atom is 0.305 e. The fraction of sp³-hybridized carbons (Fsp3) is 0.400. The number of amides is 1. The normalized spacial score (nSPS) is 12.9. The van der Waals surface area contributed by atoms with Gasteiger partial charge >= 0.3 is 5.97 Å². The monoisotopic (exact) mass is 518 g/mol. The lowest BCUT2D eigenvalue weighted by Gasteiger charge is -2.25. The van der Waals surface area contributed by atoms with Gasteiger partial charge in [-0.15, -0.1) is 0 Å². The third-order valence-corrected chi connectivity index (χ3v) is 6.47. The Morgan fingerprint density at radius 2 is 1.76 bits per heavy atom. The van der Waals surface area contributed by atoms with E-state index in [4.69, 9.17) is 0 Å². The van der Waals surface area contributed by atoms with Crippen molar-refractivity contribution in [3.8, 4) is 11.1 Å². The summed E-state index contributed by atoms with van der Waals surface area (Å²) in [6.07, 6.45) is 5.11. The molecule has 1 amide bonds. The van der Waals surface area contributed by atoms with Crippen LogP contribution in [0.2, 0.25) is 0 Å². The number of nitrogens with zero attached hydrogens (tertiary/aromatic N) is 3. The highest BCUT2D eigenvalue weighted by Crippen LogP contribution is 2.29. The molecule has 0 saturated heterocycles. The Kier molecular flexibility index (Phi) is 9.58. The Morgan fingerprint density at radius 1 is 1.08 bits per heavy atom. The van der Waals surface area contributed by atoms with Crippen molar-refractivity contribution >= 4 is 11.9 Å².